The number of nitrogens with one attached hydrogen (secondary N) is 1. The molecule has 0 radical (unpaired) electrons. The average Bonchev–Trinajstić information content (AvgIpc) is 2.34. The number of aliphatic hydroxyl groups is 1. The number of anilines is 1. The van der Waals surface area contributed by atoms with Crippen molar-refractivity contribution in [2.45, 2.75) is 19.9 Å². The van der Waals surface area contributed by atoms with Gasteiger partial charge in [0.1, 0.15) is 5.75 Å². The minimum atomic E-state index is -0.278. The first kappa shape index (κ1) is 14.3. The molecule has 1 rings (SSSR count). The Morgan fingerprint density at radius 3 is 2.67 bits per heavy atom. The van der Waals surface area contributed by atoms with Gasteiger partial charge in [-0.25, -0.2) is 0 Å². The highest BCUT2D eigenvalue weighted by atomic mass is 16.5. The Kier molecular flexibility index (Phi) is 4.97. The van der Waals surface area contributed by atoms with Gasteiger partial charge in [-0.2, -0.15) is 0 Å². The Morgan fingerprint density at radius 1 is 1.50 bits per heavy atom. The van der Waals surface area contributed by atoms with Gasteiger partial charge >= 0.3 is 0 Å². The number of methoxy groups -OCH3 is 1. The van der Waals surface area contributed by atoms with Crippen LogP contribution in [0.3, 0.4) is 0 Å². The third-order valence-corrected chi connectivity index (χ3v) is 2.79. The molecule has 0 spiro atoms. The van der Waals surface area contributed by atoms with Gasteiger partial charge in [-0.3, -0.25) is 4.79 Å². The number of hydrogen-bond donors (Lipinski definition) is 3. The van der Waals surface area contributed by atoms with Crippen LogP contribution in [-0.2, 0) is 0 Å². The third-order valence-electron chi connectivity index (χ3n) is 2.79. The summed E-state index contributed by atoms with van der Waals surface area (Å²) >= 11 is 0. The van der Waals surface area contributed by atoms with Crippen LogP contribution in [0.4, 0.5) is 5.69 Å². The molecule has 0 fully saturated rings. The summed E-state index contributed by atoms with van der Waals surface area (Å²) < 4.78 is 5.12. The van der Waals surface area contributed by atoms with E-state index < -0.39 is 0 Å². The van der Waals surface area contributed by atoms with Crippen LogP contribution in [0.2, 0.25) is 0 Å². The topological polar surface area (TPSA) is 84.6 Å². The number of hydrogen-bond acceptors (Lipinski definition) is 4. The van der Waals surface area contributed by atoms with Gasteiger partial charge in [0.15, 0.2) is 0 Å². The summed E-state index contributed by atoms with van der Waals surface area (Å²) in [6, 6.07) is 4.57. The number of nitrogens with two attached hydrogens (primary N) is 1. The SMILES string of the molecule is COc1cc(N)ccc1C(=O)NC(CO)C(C)C. The Hall–Kier alpha value is -1.75. The van der Waals surface area contributed by atoms with Crippen LogP contribution in [0.5, 0.6) is 5.75 Å². The molecule has 1 amide bonds. The minimum Gasteiger partial charge on any atom is -0.496 e. The van der Waals surface area contributed by atoms with Gasteiger partial charge in [0, 0.05) is 11.8 Å². The second-order valence-corrected chi connectivity index (χ2v) is 4.47. The number of carbonyl (C=O) groups is 1. The number of nitrogen functional groups attached to an aromatic ring is 1. The van der Waals surface area contributed by atoms with E-state index in [4.69, 9.17) is 10.5 Å². The van der Waals surface area contributed by atoms with E-state index in [9.17, 15) is 9.90 Å². The number of benzene rings is 1. The third kappa shape index (κ3) is 3.37. The van der Waals surface area contributed by atoms with Crippen LogP contribution >= 0.6 is 0 Å². The predicted octanol–water partition coefficient (Wildman–Crippen LogP) is 1.02. The molecular formula is C13H20N2O3. The van der Waals surface area contributed by atoms with Gasteiger partial charge < -0.3 is 20.9 Å². The lowest BCUT2D eigenvalue weighted by Gasteiger charge is -2.20. The number of rotatable bonds is 5. The molecule has 5 nitrogen and oxygen atoms in total. The molecule has 0 heterocycles. The highest BCUT2D eigenvalue weighted by Crippen LogP contribution is 2.21. The molecule has 100 valence electrons. The number of amides is 1. The molecule has 1 atom stereocenters. The zero-order valence-corrected chi connectivity index (χ0v) is 10.9. The van der Waals surface area contributed by atoms with Gasteiger partial charge in [0.2, 0.25) is 0 Å². The van der Waals surface area contributed by atoms with Crippen LogP contribution in [0.25, 0.3) is 0 Å². The number of carbonyl (C=O) groups excluding carboxylic acids is 1. The molecule has 5 heteroatoms. The van der Waals surface area contributed by atoms with Crippen LogP contribution < -0.4 is 15.8 Å². The highest BCUT2D eigenvalue weighted by molar-refractivity contribution is 5.97. The first-order valence-electron chi connectivity index (χ1n) is 5.84. The summed E-state index contributed by atoms with van der Waals surface area (Å²) in [6.07, 6.45) is 0. The molecule has 0 saturated heterocycles. The lowest BCUT2D eigenvalue weighted by Crippen LogP contribution is -2.41. The molecule has 0 aliphatic carbocycles. The van der Waals surface area contributed by atoms with E-state index in [2.05, 4.69) is 5.32 Å². The summed E-state index contributed by atoms with van der Waals surface area (Å²) in [5.74, 6) is 0.297. The first-order valence-corrected chi connectivity index (χ1v) is 5.84. The van der Waals surface area contributed by atoms with Gasteiger partial charge in [-0.1, -0.05) is 13.8 Å². The molecule has 0 aliphatic rings. The smallest absolute Gasteiger partial charge is 0.255 e. The monoisotopic (exact) mass is 252 g/mol. The Labute approximate surface area is 107 Å². The predicted molar refractivity (Wildman–Crippen MR) is 70.6 cm³/mol. The van der Waals surface area contributed by atoms with E-state index in [1.165, 1.54) is 7.11 Å². The summed E-state index contributed by atoms with van der Waals surface area (Å²) in [5.41, 5.74) is 6.57. The van der Waals surface area contributed by atoms with Gasteiger partial charge in [0.25, 0.3) is 5.91 Å². The summed E-state index contributed by atoms with van der Waals surface area (Å²) in [4.78, 5) is 12.1. The lowest BCUT2D eigenvalue weighted by atomic mass is 10.0. The molecule has 0 aromatic heterocycles. The molecule has 4 N–H and O–H groups in total. The van der Waals surface area contributed by atoms with Crippen LogP contribution in [0.1, 0.15) is 24.2 Å². The van der Waals surface area contributed by atoms with Gasteiger partial charge in [-0.05, 0) is 18.1 Å². The van der Waals surface area contributed by atoms with E-state index in [-0.39, 0.29) is 24.5 Å². The molecular weight excluding hydrogens is 232 g/mol. The second kappa shape index (κ2) is 6.26. The van der Waals surface area contributed by atoms with Gasteiger partial charge in [0.05, 0.1) is 25.3 Å². The molecule has 1 unspecified atom stereocenters. The first-order chi connectivity index (χ1) is 8.49. The largest absolute Gasteiger partial charge is 0.496 e. The maximum Gasteiger partial charge on any atom is 0.255 e. The van der Waals surface area contributed by atoms with Crippen LogP contribution in [0, 0.1) is 5.92 Å². The van der Waals surface area contributed by atoms with E-state index in [0.717, 1.165) is 0 Å². The molecule has 0 aliphatic heterocycles. The minimum absolute atomic E-state index is 0.0965. The van der Waals surface area contributed by atoms with E-state index in [1.807, 2.05) is 13.8 Å². The van der Waals surface area contributed by atoms with E-state index in [1.54, 1.807) is 18.2 Å². The molecule has 1 aromatic carbocycles. The van der Waals surface area contributed by atoms with Crippen molar-refractivity contribution in [3.63, 3.8) is 0 Å². The molecule has 18 heavy (non-hydrogen) atoms. The molecule has 1 aromatic rings. The van der Waals surface area contributed by atoms with E-state index >= 15 is 0 Å². The second-order valence-electron chi connectivity index (χ2n) is 4.47. The van der Waals surface area contributed by atoms with Crippen molar-refractivity contribution in [2.24, 2.45) is 5.92 Å². The van der Waals surface area contributed by atoms with Crippen molar-refractivity contribution in [3.8, 4) is 5.75 Å². The summed E-state index contributed by atoms with van der Waals surface area (Å²) in [5, 5.41) is 12.0. The Balaban J connectivity index is 2.90. The highest BCUT2D eigenvalue weighted by Gasteiger charge is 2.18. The summed E-state index contributed by atoms with van der Waals surface area (Å²) in [6.45, 7) is 3.77. The fourth-order valence-corrected chi connectivity index (χ4v) is 1.56. The maximum atomic E-state index is 12.1. The van der Waals surface area contributed by atoms with Crippen molar-refractivity contribution in [1.29, 1.82) is 0 Å². The normalized spacial score (nSPS) is 12.3. The van der Waals surface area contributed by atoms with Crippen molar-refractivity contribution in [2.75, 3.05) is 19.5 Å². The standard InChI is InChI=1S/C13H20N2O3/c1-8(2)11(7-16)15-13(17)10-5-4-9(14)6-12(10)18-3/h4-6,8,11,16H,7,14H2,1-3H3,(H,15,17). The zero-order valence-electron chi connectivity index (χ0n) is 10.9. The van der Waals surface area contributed by atoms with Gasteiger partial charge in [-0.15, -0.1) is 0 Å². The van der Waals surface area contributed by atoms with E-state index in [0.29, 0.717) is 17.0 Å². The fourth-order valence-electron chi connectivity index (χ4n) is 1.56. The number of aliphatic hydroxyl groups excluding tert-OH is 1. The summed E-state index contributed by atoms with van der Waals surface area (Å²) in [7, 11) is 1.48. The van der Waals surface area contributed by atoms with Crippen molar-refractivity contribution < 1.29 is 14.6 Å². The van der Waals surface area contributed by atoms with Crippen LogP contribution in [-0.4, -0.2) is 30.8 Å². The quantitative estimate of drug-likeness (QED) is 0.683. The van der Waals surface area contributed by atoms with Crippen molar-refractivity contribution in [1.82, 2.24) is 5.32 Å². The van der Waals surface area contributed by atoms with Crippen molar-refractivity contribution in [3.05, 3.63) is 23.8 Å². The fraction of sp³-hybridized carbons (Fsp3) is 0.462. The Morgan fingerprint density at radius 2 is 2.17 bits per heavy atom. The molecule has 0 saturated carbocycles. The Bertz CT molecular complexity index is 419. The number of ether oxygens (including phenoxy) is 1. The van der Waals surface area contributed by atoms with Crippen molar-refractivity contribution >= 4 is 11.6 Å². The maximum absolute atomic E-state index is 12.1. The average molecular weight is 252 g/mol. The van der Waals surface area contributed by atoms with Crippen LogP contribution in [0.15, 0.2) is 18.2 Å². The zero-order chi connectivity index (χ0) is 13.7. The molecule has 0 bridgehead atoms. The lowest BCUT2D eigenvalue weighted by molar-refractivity contribution is 0.0894.